The van der Waals surface area contributed by atoms with Gasteiger partial charge in [0.2, 0.25) is 0 Å². The van der Waals surface area contributed by atoms with E-state index in [-0.39, 0.29) is 5.56 Å². The van der Waals surface area contributed by atoms with Crippen molar-refractivity contribution in [3.63, 3.8) is 0 Å². The van der Waals surface area contributed by atoms with E-state index in [9.17, 15) is 22.4 Å². The molecular weight excluding hydrogens is 226 g/mol. The predicted octanol–water partition coefficient (Wildman–Crippen LogP) is 2.57. The molecule has 1 amide bonds. The molecule has 88 valence electrons. The summed E-state index contributed by atoms with van der Waals surface area (Å²) in [6.45, 7) is 1.28. The van der Waals surface area contributed by atoms with E-state index in [2.05, 4.69) is 0 Å². The van der Waals surface area contributed by atoms with Crippen molar-refractivity contribution in [2.24, 2.45) is 0 Å². The van der Waals surface area contributed by atoms with E-state index in [1.54, 1.807) is 5.32 Å². The second kappa shape index (κ2) is 4.51. The summed E-state index contributed by atoms with van der Waals surface area (Å²) in [4.78, 5) is 10.6. The largest absolute Gasteiger partial charge is 0.471 e. The standard InChI is InChI=1S/C10H9F4NO/c1-6(15-9(16)10(12,13)14)7-4-2-3-5-8(7)11/h2-6H,1H3,(H,15,16). The summed E-state index contributed by atoms with van der Waals surface area (Å²) in [5, 5.41) is 1.67. The quantitative estimate of drug-likeness (QED) is 0.784. The van der Waals surface area contributed by atoms with Crippen LogP contribution in [0.15, 0.2) is 24.3 Å². The molecule has 6 heteroatoms. The van der Waals surface area contributed by atoms with Gasteiger partial charge in [0.05, 0.1) is 6.04 Å². The second-order valence-corrected chi connectivity index (χ2v) is 3.21. The number of hydrogen-bond donors (Lipinski definition) is 1. The molecule has 16 heavy (non-hydrogen) atoms. The number of benzene rings is 1. The fourth-order valence-corrected chi connectivity index (χ4v) is 1.18. The van der Waals surface area contributed by atoms with Crippen LogP contribution in [-0.2, 0) is 4.79 Å². The van der Waals surface area contributed by atoms with E-state index in [0.29, 0.717) is 0 Å². The predicted molar refractivity (Wildman–Crippen MR) is 49.0 cm³/mol. The Kier molecular flexibility index (Phi) is 3.51. The zero-order valence-electron chi connectivity index (χ0n) is 8.31. The Hall–Kier alpha value is -1.59. The normalized spacial score (nSPS) is 13.3. The summed E-state index contributed by atoms with van der Waals surface area (Å²) in [7, 11) is 0. The van der Waals surface area contributed by atoms with Crippen LogP contribution < -0.4 is 5.32 Å². The molecule has 1 aromatic rings. The SMILES string of the molecule is CC(NC(=O)C(F)(F)F)c1ccccc1F. The number of rotatable bonds is 2. The molecule has 1 N–H and O–H groups in total. The molecule has 1 unspecified atom stereocenters. The van der Waals surface area contributed by atoms with Gasteiger partial charge in [0.1, 0.15) is 5.82 Å². The zero-order chi connectivity index (χ0) is 12.3. The van der Waals surface area contributed by atoms with Crippen LogP contribution in [-0.4, -0.2) is 12.1 Å². The number of hydrogen-bond acceptors (Lipinski definition) is 1. The molecule has 0 saturated heterocycles. The first-order chi connectivity index (χ1) is 7.32. The molecule has 0 saturated carbocycles. The first kappa shape index (κ1) is 12.5. The summed E-state index contributed by atoms with van der Waals surface area (Å²) >= 11 is 0. The molecule has 1 rings (SSSR count). The fourth-order valence-electron chi connectivity index (χ4n) is 1.18. The highest BCUT2D eigenvalue weighted by Crippen LogP contribution is 2.20. The average Bonchev–Trinajstić information content (AvgIpc) is 2.16. The van der Waals surface area contributed by atoms with Gasteiger partial charge in [0, 0.05) is 5.56 Å². The summed E-state index contributed by atoms with van der Waals surface area (Å²) in [5.74, 6) is -2.74. The Morgan fingerprint density at radius 3 is 2.38 bits per heavy atom. The maximum absolute atomic E-state index is 13.2. The summed E-state index contributed by atoms with van der Waals surface area (Å²) < 4.78 is 48.9. The van der Waals surface area contributed by atoms with E-state index in [1.165, 1.54) is 25.1 Å². The van der Waals surface area contributed by atoms with Crippen molar-refractivity contribution in [2.45, 2.75) is 19.1 Å². The van der Waals surface area contributed by atoms with Gasteiger partial charge >= 0.3 is 12.1 Å². The maximum atomic E-state index is 13.2. The van der Waals surface area contributed by atoms with Crippen molar-refractivity contribution in [3.05, 3.63) is 35.6 Å². The van der Waals surface area contributed by atoms with Crippen LogP contribution in [0.5, 0.6) is 0 Å². The average molecular weight is 235 g/mol. The third-order valence-corrected chi connectivity index (χ3v) is 1.98. The Balaban J connectivity index is 2.78. The van der Waals surface area contributed by atoms with Crippen molar-refractivity contribution in [1.29, 1.82) is 0 Å². The van der Waals surface area contributed by atoms with Gasteiger partial charge in [0.15, 0.2) is 0 Å². The number of amides is 1. The lowest BCUT2D eigenvalue weighted by molar-refractivity contribution is -0.174. The summed E-state index contributed by atoms with van der Waals surface area (Å²) in [6.07, 6.45) is -4.96. The van der Waals surface area contributed by atoms with Gasteiger partial charge in [-0.15, -0.1) is 0 Å². The monoisotopic (exact) mass is 235 g/mol. The van der Waals surface area contributed by atoms with Crippen molar-refractivity contribution < 1.29 is 22.4 Å². The van der Waals surface area contributed by atoms with Gasteiger partial charge in [0.25, 0.3) is 0 Å². The molecule has 0 aromatic heterocycles. The third-order valence-electron chi connectivity index (χ3n) is 1.98. The van der Waals surface area contributed by atoms with E-state index in [1.807, 2.05) is 0 Å². The lowest BCUT2D eigenvalue weighted by Gasteiger charge is -2.15. The second-order valence-electron chi connectivity index (χ2n) is 3.21. The molecule has 1 aromatic carbocycles. The van der Waals surface area contributed by atoms with E-state index < -0.39 is 23.9 Å². The lowest BCUT2D eigenvalue weighted by Crippen LogP contribution is -2.38. The fraction of sp³-hybridized carbons (Fsp3) is 0.300. The van der Waals surface area contributed by atoms with Gasteiger partial charge in [-0.3, -0.25) is 4.79 Å². The van der Waals surface area contributed by atoms with Crippen LogP contribution in [0.3, 0.4) is 0 Å². The molecule has 0 spiro atoms. The Morgan fingerprint density at radius 2 is 1.88 bits per heavy atom. The summed E-state index contributed by atoms with van der Waals surface area (Å²) in [5.41, 5.74) is 0.0140. The number of carbonyl (C=O) groups is 1. The van der Waals surface area contributed by atoms with Gasteiger partial charge in [-0.1, -0.05) is 18.2 Å². The molecule has 1 atom stereocenters. The molecule has 0 heterocycles. The molecule has 0 radical (unpaired) electrons. The van der Waals surface area contributed by atoms with E-state index in [4.69, 9.17) is 0 Å². The topological polar surface area (TPSA) is 29.1 Å². The Morgan fingerprint density at radius 1 is 1.31 bits per heavy atom. The van der Waals surface area contributed by atoms with Crippen molar-refractivity contribution >= 4 is 5.91 Å². The molecule has 2 nitrogen and oxygen atoms in total. The van der Waals surface area contributed by atoms with Crippen LogP contribution in [0.4, 0.5) is 17.6 Å². The summed E-state index contributed by atoms with van der Waals surface area (Å²) in [6, 6.07) is 4.30. The highest BCUT2D eigenvalue weighted by Gasteiger charge is 2.39. The van der Waals surface area contributed by atoms with E-state index >= 15 is 0 Å². The van der Waals surface area contributed by atoms with Crippen molar-refractivity contribution in [3.8, 4) is 0 Å². The van der Waals surface area contributed by atoms with Crippen LogP contribution in [0.25, 0.3) is 0 Å². The molecule has 0 aliphatic heterocycles. The van der Waals surface area contributed by atoms with Gasteiger partial charge in [-0.25, -0.2) is 4.39 Å². The Labute approximate surface area is 89.3 Å². The van der Waals surface area contributed by atoms with Gasteiger partial charge in [-0.2, -0.15) is 13.2 Å². The third kappa shape index (κ3) is 2.95. The van der Waals surface area contributed by atoms with Crippen LogP contribution in [0.1, 0.15) is 18.5 Å². The van der Waals surface area contributed by atoms with Gasteiger partial charge < -0.3 is 5.32 Å². The van der Waals surface area contributed by atoms with Crippen molar-refractivity contribution in [2.75, 3.05) is 0 Å². The number of halogens is 4. The lowest BCUT2D eigenvalue weighted by atomic mass is 10.1. The van der Waals surface area contributed by atoms with Gasteiger partial charge in [-0.05, 0) is 13.0 Å². The zero-order valence-corrected chi connectivity index (χ0v) is 8.31. The number of nitrogens with one attached hydrogen (secondary N) is 1. The molecule has 0 bridgehead atoms. The number of alkyl halides is 3. The minimum absolute atomic E-state index is 0.0140. The Bertz CT molecular complexity index is 389. The van der Waals surface area contributed by atoms with Crippen LogP contribution in [0, 0.1) is 5.82 Å². The van der Waals surface area contributed by atoms with Crippen LogP contribution in [0.2, 0.25) is 0 Å². The van der Waals surface area contributed by atoms with Crippen LogP contribution >= 0.6 is 0 Å². The molecule has 0 fully saturated rings. The van der Waals surface area contributed by atoms with E-state index in [0.717, 1.165) is 6.07 Å². The highest BCUT2D eigenvalue weighted by molar-refractivity contribution is 5.82. The molecule has 0 aliphatic carbocycles. The smallest absolute Gasteiger partial charge is 0.342 e. The molecule has 0 aliphatic rings. The minimum Gasteiger partial charge on any atom is -0.342 e. The first-order valence-corrected chi connectivity index (χ1v) is 4.44. The minimum atomic E-state index is -4.96. The molecular formula is C10H9F4NO. The van der Waals surface area contributed by atoms with Crippen molar-refractivity contribution in [1.82, 2.24) is 5.32 Å². The highest BCUT2D eigenvalue weighted by atomic mass is 19.4. The maximum Gasteiger partial charge on any atom is 0.471 e. The first-order valence-electron chi connectivity index (χ1n) is 4.44. The number of carbonyl (C=O) groups excluding carboxylic acids is 1.